The van der Waals surface area contributed by atoms with Gasteiger partial charge in [0.15, 0.2) is 0 Å². The summed E-state index contributed by atoms with van der Waals surface area (Å²) in [6, 6.07) is 16.3. The van der Waals surface area contributed by atoms with Gasteiger partial charge in [-0.25, -0.2) is 0 Å². The summed E-state index contributed by atoms with van der Waals surface area (Å²) in [6.45, 7) is 4.11. The second kappa shape index (κ2) is 9.35. The maximum absolute atomic E-state index is 10.8. The molecule has 0 amide bonds. The first-order valence-electron chi connectivity index (χ1n) is 6.79. The third-order valence-corrected chi connectivity index (χ3v) is 3.62. The van der Waals surface area contributed by atoms with E-state index in [0.29, 0.717) is 6.42 Å². The van der Waals surface area contributed by atoms with Crippen LogP contribution in [0.4, 0.5) is 0 Å². The molecule has 0 bridgehead atoms. The molecule has 0 aliphatic heterocycles. The highest BCUT2D eigenvalue weighted by Gasteiger charge is 2.00. The highest BCUT2D eigenvalue weighted by molar-refractivity contribution is 9.08. The van der Waals surface area contributed by atoms with Crippen molar-refractivity contribution < 1.29 is 9.53 Å². The Morgan fingerprint density at radius 2 is 1.33 bits per heavy atom. The van der Waals surface area contributed by atoms with Gasteiger partial charge in [-0.05, 0) is 25.0 Å². The Kier molecular flexibility index (Phi) is 7.76. The first-order chi connectivity index (χ1) is 10.0. The molecular formula is C18H21BrO2. The van der Waals surface area contributed by atoms with Gasteiger partial charge in [0.1, 0.15) is 0 Å². The number of carbonyl (C=O) groups is 1. The molecule has 0 spiro atoms. The topological polar surface area (TPSA) is 26.3 Å². The molecule has 0 saturated carbocycles. The van der Waals surface area contributed by atoms with Crippen LogP contribution >= 0.6 is 15.9 Å². The van der Waals surface area contributed by atoms with E-state index in [2.05, 4.69) is 51.9 Å². The zero-order valence-corrected chi connectivity index (χ0v) is 14.3. The summed E-state index contributed by atoms with van der Waals surface area (Å²) in [5.41, 5.74) is 4.84. The molecule has 2 aromatic carbocycles. The summed E-state index contributed by atoms with van der Waals surface area (Å²) >= 11 is 3.38. The normalized spacial score (nSPS) is 9.52. The number of aryl methyl sites for hydroxylation is 2. The fraction of sp³-hybridized carbons (Fsp3) is 0.278. The van der Waals surface area contributed by atoms with Gasteiger partial charge in [-0.3, -0.25) is 4.79 Å². The molecule has 3 heteroatoms. The van der Waals surface area contributed by atoms with E-state index in [-0.39, 0.29) is 5.97 Å². The molecule has 0 heterocycles. The highest BCUT2D eigenvalue weighted by Crippen LogP contribution is 2.06. The molecule has 21 heavy (non-hydrogen) atoms. The van der Waals surface area contributed by atoms with Crippen LogP contribution < -0.4 is 0 Å². The van der Waals surface area contributed by atoms with Crippen LogP contribution in [-0.2, 0) is 21.3 Å². The smallest absolute Gasteiger partial charge is 0.309 e. The number of rotatable bonds is 3. The predicted octanol–water partition coefficient (Wildman–Crippen LogP) is 4.60. The predicted molar refractivity (Wildman–Crippen MR) is 90.7 cm³/mol. The van der Waals surface area contributed by atoms with Gasteiger partial charge in [-0.2, -0.15) is 0 Å². The van der Waals surface area contributed by atoms with Gasteiger partial charge in [0.2, 0.25) is 0 Å². The number of benzene rings is 2. The SMILES string of the molecule is COC(=O)Cc1ccc(C)cc1.Cc1ccc(CBr)cc1. The Morgan fingerprint density at radius 3 is 1.71 bits per heavy atom. The van der Waals surface area contributed by atoms with Crippen molar-refractivity contribution in [3.05, 3.63) is 70.8 Å². The summed E-state index contributed by atoms with van der Waals surface area (Å²) in [5, 5.41) is 0.952. The lowest BCUT2D eigenvalue weighted by atomic mass is 10.1. The quantitative estimate of drug-likeness (QED) is 0.598. The van der Waals surface area contributed by atoms with E-state index in [1.54, 1.807) is 0 Å². The largest absolute Gasteiger partial charge is 0.469 e. The maximum Gasteiger partial charge on any atom is 0.309 e. The fourth-order valence-corrected chi connectivity index (χ4v) is 2.00. The summed E-state index contributed by atoms with van der Waals surface area (Å²) < 4.78 is 4.55. The zero-order chi connectivity index (χ0) is 15.7. The standard InChI is InChI=1S/C10H12O2.C8H9Br/c1-8-3-5-9(6-4-8)7-10(11)12-2;1-7-2-4-8(6-9)5-3-7/h3-6H,7H2,1-2H3;2-5H,6H2,1H3. The monoisotopic (exact) mass is 348 g/mol. The first-order valence-corrected chi connectivity index (χ1v) is 7.91. The maximum atomic E-state index is 10.8. The Hall–Kier alpha value is -1.61. The minimum absolute atomic E-state index is 0.196. The zero-order valence-electron chi connectivity index (χ0n) is 12.7. The van der Waals surface area contributed by atoms with E-state index in [1.807, 2.05) is 31.2 Å². The van der Waals surface area contributed by atoms with Crippen molar-refractivity contribution in [3.63, 3.8) is 0 Å². The van der Waals surface area contributed by atoms with Crippen molar-refractivity contribution in [2.24, 2.45) is 0 Å². The van der Waals surface area contributed by atoms with E-state index >= 15 is 0 Å². The molecule has 0 atom stereocenters. The average molecular weight is 349 g/mol. The highest BCUT2D eigenvalue weighted by atomic mass is 79.9. The van der Waals surface area contributed by atoms with Gasteiger partial charge >= 0.3 is 5.97 Å². The Balaban J connectivity index is 0.000000219. The number of methoxy groups -OCH3 is 1. The van der Waals surface area contributed by atoms with E-state index in [9.17, 15) is 4.79 Å². The Labute approximate surface area is 135 Å². The fourth-order valence-electron chi connectivity index (χ4n) is 1.62. The Morgan fingerprint density at radius 1 is 0.905 bits per heavy atom. The van der Waals surface area contributed by atoms with Gasteiger partial charge in [-0.15, -0.1) is 0 Å². The van der Waals surface area contributed by atoms with Crippen LogP contribution in [0.5, 0.6) is 0 Å². The molecule has 2 rings (SSSR count). The number of esters is 1. The second-order valence-corrected chi connectivity index (χ2v) is 5.42. The van der Waals surface area contributed by atoms with Crippen LogP contribution in [0.15, 0.2) is 48.5 Å². The van der Waals surface area contributed by atoms with Gasteiger partial charge < -0.3 is 4.74 Å². The number of carbonyl (C=O) groups excluding carboxylic acids is 1. The molecule has 0 saturated heterocycles. The number of hydrogen-bond acceptors (Lipinski definition) is 2. The van der Waals surface area contributed by atoms with Gasteiger partial charge in [0, 0.05) is 5.33 Å². The third kappa shape index (κ3) is 7.09. The van der Waals surface area contributed by atoms with Gasteiger partial charge in [-0.1, -0.05) is 75.6 Å². The Bertz CT molecular complexity index is 544. The van der Waals surface area contributed by atoms with Crippen molar-refractivity contribution in [2.75, 3.05) is 7.11 Å². The number of alkyl halides is 1. The lowest BCUT2D eigenvalue weighted by Crippen LogP contribution is -2.03. The van der Waals surface area contributed by atoms with Crippen LogP contribution in [0, 0.1) is 13.8 Å². The third-order valence-electron chi connectivity index (χ3n) is 2.97. The molecular weight excluding hydrogens is 328 g/mol. The van der Waals surface area contributed by atoms with Crippen LogP contribution in [0.25, 0.3) is 0 Å². The molecule has 0 aliphatic rings. The number of ether oxygens (including phenoxy) is 1. The van der Waals surface area contributed by atoms with Crippen molar-refractivity contribution in [1.29, 1.82) is 0 Å². The van der Waals surface area contributed by atoms with E-state index in [1.165, 1.54) is 23.8 Å². The van der Waals surface area contributed by atoms with E-state index in [4.69, 9.17) is 0 Å². The van der Waals surface area contributed by atoms with Crippen molar-refractivity contribution >= 4 is 21.9 Å². The molecule has 0 aliphatic carbocycles. The average Bonchev–Trinajstić information content (AvgIpc) is 2.51. The molecule has 0 N–H and O–H groups in total. The van der Waals surface area contributed by atoms with Crippen molar-refractivity contribution in [2.45, 2.75) is 25.6 Å². The number of halogens is 1. The summed E-state index contributed by atoms with van der Waals surface area (Å²) in [4.78, 5) is 10.8. The second-order valence-electron chi connectivity index (χ2n) is 4.86. The molecule has 2 nitrogen and oxygen atoms in total. The molecule has 0 aromatic heterocycles. The van der Waals surface area contributed by atoms with E-state index < -0.39 is 0 Å². The summed E-state index contributed by atoms with van der Waals surface area (Å²) in [7, 11) is 1.40. The van der Waals surface area contributed by atoms with Gasteiger partial charge in [0.05, 0.1) is 13.5 Å². The van der Waals surface area contributed by atoms with Crippen LogP contribution in [0.2, 0.25) is 0 Å². The number of hydrogen-bond donors (Lipinski definition) is 0. The minimum atomic E-state index is -0.196. The lowest BCUT2D eigenvalue weighted by Gasteiger charge is -1.99. The van der Waals surface area contributed by atoms with E-state index in [0.717, 1.165) is 10.9 Å². The minimum Gasteiger partial charge on any atom is -0.469 e. The van der Waals surface area contributed by atoms with Crippen LogP contribution in [0.3, 0.4) is 0 Å². The van der Waals surface area contributed by atoms with Gasteiger partial charge in [0.25, 0.3) is 0 Å². The van der Waals surface area contributed by atoms with Crippen LogP contribution in [0.1, 0.15) is 22.3 Å². The molecule has 0 radical (unpaired) electrons. The van der Waals surface area contributed by atoms with Crippen LogP contribution in [-0.4, -0.2) is 13.1 Å². The summed E-state index contributed by atoms with van der Waals surface area (Å²) in [6.07, 6.45) is 0.358. The van der Waals surface area contributed by atoms with Crippen molar-refractivity contribution in [1.82, 2.24) is 0 Å². The van der Waals surface area contributed by atoms with Crippen molar-refractivity contribution in [3.8, 4) is 0 Å². The lowest BCUT2D eigenvalue weighted by molar-refractivity contribution is -0.139. The first kappa shape index (κ1) is 17.4. The molecule has 2 aromatic rings. The molecule has 0 fully saturated rings. The molecule has 112 valence electrons. The summed E-state index contributed by atoms with van der Waals surface area (Å²) in [5.74, 6) is -0.196. The molecule has 0 unspecified atom stereocenters.